The van der Waals surface area contributed by atoms with Crippen molar-refractivity contribution in [2.45, 2.75) is 24.9 Å². The van der Waals surface area contributed by atoms with E-state index in [0.717, 1.165) is 5.69 Å². The number of carbonyl (C=O) groups is 3. The van der Waals surface area contributed by atoms with Crippen LogP contribution < -0.4 is 15.5 Å². The number of nitrogens with zero attached hydrogens (tertiary/aromatic N) is 2. The second-order valence-electron chi connectivity index (χ2n) is 7.69. The molecule has 2 unspecified atom stereocenters. The highest BCUT2D eigenvalue weighted by atomic mass is 16.2. The molecule has 29 heavy (non-hydrogen) atoms. The summed E-state index contributed by atoms with van der Waals surface area (Å²) < 4.78 is 0. The van der Waals surface area contributed by atoms with Gasteiger partial charge >= 0.3 is 0 Å². The molecule has 150 valence electrons. The van der Waals surface area contributed by atoms with E-state index in [2.05, 4.69) is 10.6 Å². The van der Waals surface area contributed by atoms with Gasteiger partial charge in [0.2, 0.25) is 5.91 Å². The number of anilines is 2. The van der Waals surface area contributed by atoms with E-state index in [1.54, 1.807) is 41.3 Å². The summed E-state index contributed by atoms with van der Waals surface area (Å²) in [6, 6.07) is 13.7. The Labute approximate surface area is 169 Å². The Morgan fingerprint density at radius 3 is 2.55 bits per heavy atom. The Bertz CT molecular complexity index is 955. The van der Waals surface area contributed by atoms with Gasteiger partial charge in [0.1, 0.15) is 6.04 Å². The SMILES string of the molecule is CN(C)c1ccc(C(=O)NC2CCN3C(=O)c4ccccc4NC(=O)C3C2)cc1. The van der Waals surface area contributed by atoms with Crippen molar-refractivity contribution in [1.82, 2.24) is 10.2 Å². The molecule has 2 aliphatic rings. The second kappa shape index (κ2) is 7.58. The van der Waals surface area contributed by atoms with Crippen LogP contribution in [0.2, 0.25) is 0 Å². The maximum absolute atomic E-state index is 12.9. The summed E-state index contributed by atoms with van der Waals surface area (Å²) in [4.78, 5) is 41.9. The Morgan fingerprint density at radius 1 is 1.10 bits per heavy atom. The zero-order valence-electron chi connectivity index (χ0n) is 16.5. The number of hydrogen-bond acceptors (Lipinski definition) is 4. The molecule has 2 atom stereocenters. The largest absolute Gasteiger partial charge is 0.378 e. The van der Waals surface area contributed by atoms with Gasteiger partial charge in [0.05, 0.1) is 11.3 Å². The fraction of sp³-hybridized carbons (Fsp3) is 0.318. The number of benzene rings is 2. The molecule has 2 aromatic rings. The van der Waals surface area contributed by atoms with Gasteiger partial charge in [-0.15, -0.1) is 0 Å². The van der Waals surface area contributed by atoms with Crippen molar-refractivity contribution < 1.29 is 14.4 Å². The summed E-state index contributed by atoms with van der Waals surface area (Å²) in [7, 11) is 3.89. The normalized spacial score (nSPS) is 20.8. The third-order valence-electron chi connectivity index (χ3n) is 5.56. The van der Waals surface area contributed by atoms with Gasteiger partial charge in [0.15, 0.2) is 0 Å². The van der Waals surface area contributed by atoms with Crippen molar-refractivity contribution in [3.63, 3.8) is 0 Å². The first-order valence-corrected chi connectivity index (χ1v) is 9.73. The van der Waals surface area contributed by atoms with Crippen LogP contribution in [0.25, 0.3) is 0 Å². The molecule has 2 N–H and O–H groups in total. The van der Waals surface area contributed by atoms with Crippen LogP contribution in [0.4, 0.5) is 11.4 Å². The zero-order valence-corrected chi connectivity index (χ0v) is 16.5. The third-order valence-corrected chi connectivity index (χ3v) is 5.56. The molecule has 2 aromatic carbocycles. The summed E-state index contributed by atoms with van der Waals surface area (Å²) in [5.74, 6) is -0.525. The van der Waals surface area contributed by atoms with Gasteiger partial charge in [-0.3, -0.25) is 14.4 Å². The highest BCUT2D eigenvalue weighted by molar-refractivity contribution is 6.10. The number of piperidine rings is 1. The van der Waals surface area contributed by atoms with Crippen LogP contribution in [0, 0.1) is 0 Å². The summed E-state index contributed by atoms with van der Waals surface area (Å²) in [5, 5.41) is 5.88. The van der Waals surface area contributed by atoms with Crippen LogP contribution in [-0.2, 0) is 4.79 Å². The average Bonchev–Trinajstić information content (AvgIpc) is 2.83. The minimum absolute atomic E-state index is 0.145. The molecular weight excluding hydrogens is 368 g/mol. The minimum Gasteiger partial charge on any atom is -0.378 e. The molecule has 0 aliphatic carbocycles. The second-order valence-corrected chi connectivity index (χ2v) is 7.69. The number of rotatable bonds is 3. The molecule has 0 spiro atoms. The van der Waals surface area contributed by atoms with E-state index in [-0.39, 0.29) is 23.8 Å². The summed E-state index contributed by atoms with van der Waals surface area (Å²) in [6.45, 7) is 0.426. The van der Waals surface area contributed by atoms with E-state index in [1.165, 1.54) is 0 Å². The molecule has 4 rings (SSSR count). The van der Waals surface area contributed by atoms with Crippen molar-refractivity contribution in [2.75, 3.05) is 30.9 Å². The van der Waals surface area contributed by atoms with Crippen LogP contribution in [0.5, 0.6) is 0 Å². The zero-order chi connectivity index (χ0) is 20.5. The van der Waals surface area contributed by atoms with Gasteiger partial charge < -0.3 is 20.4 Å². The smallest absolute Gasteiger partial charge is 0.256 e. The standard InChI is InChI=1S/C22H24N4O3/c1-25(2)16-9-7-14(8-10-16)20(27)23-15-11-12-26-19(13-15)21(28)24-18-6-4-3-5-17(18)22(26)29/h3-10,15,19H,11-13H2,1-2H3,(H,23,27)(H,24,28). The summed E-state index contributed by atoms with van der Waals surface area (Å²) in [5.41, 5.74) is 2.64. The van der Waals surface area contributed by atoms with Crippen molar-refractivity contribution >= 4 is 29.1 Å². The van der Waals surface area contributed by atoms with Gasteiger partial charge in [0.25, 0.3) is 11.8 Å². The monoisotopic (exact) mass is 392 g/mol. The van der Waals surface area contributed by atoms with Crippen molar-refractivity contribution in [2.24, 2.45) is 0 Å². The lowest BCUT2D eigenvalue weighted by molar-refractivity contribution is -0.121. The number of nitrogens with one attached hydrogen (secondary N) is 2. The summed E-state index contributed by atoms with van der Waals surface area (Å²) in [6.07, 6.45) is 1.01. The molecule has 3 amide bonds. The predicted octanol–water partition coefficient (Wildman–Crippen LogP) is 2.11. The predicted molar refractivity (Wildman–Crippen MR) is 111 cm³/mol. The first-order valence-electron chi connectivity index (χ1n) is 9.73. The van der Waals surface area contributed by atoms with Gasteiger partial charge in [-0.1, -0.05) is 12.1 Å². The fourth-order valence-corrected chi connectivity index (χ4v) is 3.92. The molecule has 1 saturated heterocycles. The first-order chi connectivity index (χ1) is 13.9. The van der Waals surface area contributed by atoms with Crippen LogP contribution in [0.3, 0.4) is 0 Å². The third kappa shape index (κ3) is 3.68. The minimum atomic E-state index is -0.593. The van der Waals surface area contributed by atoms with Crippen LogP contribution >= 0.6 is 0 Å². The van der Waals surface area contributed by atoms with Gasteiger partial charge in [-0.05, 0) is 49.2 Å². The van der Waals surface area contributed by atoms with Crippen molar-refractivity contribution in [3.8, 4) is 0 Å². The fourth-order valence-electron chi connectivity index (χ4n) is 3.92. The Morgan fingerprint density at radius 2 is 1.83 bits per heavy atom. The Balaban J connectivity index is 1.46. The molecule has 0 radical (unpaired) electrons. The number of carbonyl (C=O) groups excluding carboxylic acids is 3. The highest BCUT2D eigenvalue weighted by Gasteiger charge is 2.40. The van der Waals surface area contributed by atoms with Crippen molar-refractivity contribution in [3.05, 3.63) is 59.7 Å². The van der Waals surface area contributed by atoms with Gasteiger partial charge in [-0.2, -0.15) is 0 Å². The average molecular weight is 392 g/mol. The number of para-hydroxylation sites is 1. The molecule has 7 heteroatoms. The van der Waals surface area contributed by atoms with E-state index >= 15 is 0 Å². The van der Waals surface area contributed by atoms with Gasteiger partial charge in [-0.25, -0.2) is 0 Å². The Kier molecular flexibility index (Phi) is 4.96. The van der Waals surface area contributed by atoms with Crippen LogP contribution in [0.1, 0.15) is 33.6 Å². The molecule has 0 bridgehead atoms. The van der Waals surface area contributed by atoms with Crippen molar-refractivity contribution in [1.29, 1.82) is 0 Å². The lowest BCUT2D eigenvalue weighted by Gasteiger charge is -2.37. The van der Waals surface area contributed by atoms with Crippen LogP contribution in [-0.4, -0.2) is 55.3 Å². The lowest BCUT2D eigenvalue weighted by atomic mass is 9.95. The Hall–Kier alpha value is -3.35. The van der Waals surface area contributed by atoms with E-state index in [9.17, 15) is 14.4 Å². The molecule has 2 heterocycles. The molecule has 1 fully saturated rings. The molecule has 0 saturated carbocycles. The number of hydrogen-bond donors (Lipinski definition) is 2. The maximum Gasteiger partial charge on any atom is 0.256 e. The van der Waals surface area contributed by atoms with E-state index in [0.29, 0.717) is 36.2 Å². The lowest BCUT2D eigenvalue weighted by Crippen LogP contribution is -2.55. The molecule has 7 nitrogen and oxygen atoms in total. The molecule has 2 aliphatic heterocycles. The first kappa shape index (κ1) is 19.0. The maximum atomic E-state index is 12.9. The van der Waals surface area contributed by atoms with E-state index in [1.807, 2.05) is 31.1 Å². The van der Waals surface area contributed by atoms with Gasteiger partial charge in [0, 0.05) is 37.9 Å². The van der Waals surface area contributed by atoms with Crippen LogP contribution in [0.15, 0.2) is 48.5 Å². The number of fused-ring (bicyclic) bond motifs is 2. The summed E-state index contributed by atoms with van der Waals surface area (Å²) >= 11 is 0. The molecule has 0 aromatic heterocycles. The molecular formula is C22H24N4O3. The van der Waals surface area contributed by atoms with E-state index < -0.39 is 6.04 Å². The van der Waals surface area contributed by atoms with E-state index in [4.69, 9.17) is 0 Å². The number of amides is 3. The quantitative estimate of drug-likeness (QED) is 0.838. The topological polar surface area (TPSA) is 81.8 Å². The highest BCUT2D eigenvalue weighted by Crippen LogP contribution is 2.28.